The van der Waals surface area contributed by atoms with Crippen molar-refractivity contribution >= 4 is 90.2 Å². The van der Waals surface area contributed by atoms with Crippen LogP contribution in [0.4, 0.5) is 17.1 Å². The van der Waals surface area contributed by atoms with Gasteiger partial charge in [0.15, 0.2) is 5.58 Å². The minimum atomic E-state index is -2.10. The fourth-order valence-electron chi connectivity index (χ4n) is 8.70. The van der Waals surface area contributed by atoms with Gasteiger partial charge in [-0.25, -0.2) is 0 Å². The summed E-state index contributed by atoms with van der Waals surface area (Å²) in [5, 5.41) is 10.0. The average molecular weight is 684 g/mol. The summed E-state index contributed by atoms with van der Waals surface area (Å²) in [5.41, 5.74) is 11.9. The largest absolute Gasteiger partial charge is 0.456 e. The molecule has 0 amide bonds. The Labute approximate surface area is 302 Å². The van der Waals surface area contributed by atoms with E-state index < -0.39 is 8.07 Å². The van der Waals surface area contributed by atoms with Crippen LogP contribution >= 0.6 is 0 Å². The van der Waals surface area contributed by atoms with Gasteiger partial charge in [0, 0.05) is 32.9 Å². The number of hydrogen-bond donors (Lipinski definition) is 0. The third kappa shape index (κ3) is 4.19. The Kier molecular flexibility index (Phi) is 6.11. The summed E-state index contributed by atoms with van der Waals surface area (Å²) in [6.07, 6.45) is 0. The highest BCUT2D eigenvalue weighted by atomic mass is 28.3. The summed E-state index contributed by atoms with van der Waals surface area (Å²) in [6, 6.07) is 59.1. The maximum Gasteiger partial charge on any atom is 0.159 e. The minimum absolute atomic E-state index is 0.881. The Bertz CT molecular complexity index is 3080. The SMILES string of the molecule is C[Si]1(C)c2cc(N(c3cccc(-c4ccc5ccccc5c4)c3)c3cccc4c3oc3ccccc34)ccc2-c2c1ccc1oc3ccccc3c21. The van der Waals surface area contributed by atoms with Gasteiger partial charge in [-0.3, -0.25) is 0 Å². The maximum absolute atomic E-state index is 6.69. The molecule has 0 saturated carbocycles. The topological polar surface area (TPSA) is 29.5 Å². The van der Waals surface area contributed by atoms with Gasteiger partial charge in [0.25, 0.3) is 0 Å². The first-order valence-corrected chi connectivity index (χ1v) is 20.9. The van der Waals surface area contributed by atoms with Gasteiger partial charge in [-0.15, -0.1) is 0 Å². The molecule has 0 bridgehead atoms. The summed E-state index contributed by atoms with van der Waals surface area (Å²) in [5.74, 6) is 0. The molecule has 0 radical (unpaired) electrons. The summed E-state index contributed by atoms with van der Waals surface area (Å²) in [6.45, 7) is 4.97. The number of furan rings is 2. The molecule has 0 aliphatic carbocycles. The third-order valence-corrected chi connectivity index (χ3v) is 14.8. The Morgan fingerprint density at radius 1 is 0.462 bits per heavy atom. The monoisotopic (exact) mass is 683 g/mol. The molecule has 52 heavy (non-hydrogen) atoms. The lowest BCUT2D eigenvalue weighted by Crippen LogP contribution is -2.49. The summed E-state index contributed by atoms with van der Waals surface area (Å²) < 4.78 is 13.1. The zero-order chi connectivity index (χ0) is 34.6. The van der Waals surface area contributed by atoms with Crippen LogP contribution in [0.3, 0.4) is 0 Å². The van der Waals surface area contributed by atoms with E-state index in [0.29, 0.717) is 0 Å². The van der Waals surface area contributed by atoms with Crippen molar-refractivity contribution in [3.8, 4) is 22.3 Å². The first-order chi connectivity index (χ1) is 25.5. The molecule has 0 saturated heterocycles. The molecule has 10 aromatic rings. The summed E-state index contributed by atoms with van der Waals surface area (Å²) >= 11 is 0. The van der Waals surface area contributed by atoms with Crippen LogP contribution in [0, 0.1) is 0 Å². The zero-order valence-corrected chi connectivity index (χ0v) is 29.9. The van der Waals surface area contributed by atoms with Crippen LogP contribution in [-0.2, 0) is 0 Å². The van der Waals surface area contributed by atoms with E-state index in [-0.39, 0.29) is 0 Å². The van der Waals surface area contributed by atoms with Crippen LogP contribution in [0.15, 0.2) is 173 Å². The highest BCUT2D eigenvalue weighted by Gasteiger charge is 2.40. The first-order valence-electron chi connectivity index (χ1n) is 17.9. The van der Waals surface area contributed by atoms with Gasteiger partial charge in [-0.2, -0.15) is 0 Å². The molecule has 0 spiro atoms. The standard InChI is InChI=1S/C48H33NO2Si/c1-52(2)44-26-25-43-46(38-16-6-8-20-42(38)50-43)47(44)39-24-23-35(29-45(39)52)49(40-18-10-17-37-36-15-5-7-19-41(36)51-48(37)40)34-14-9-13-32(28-34)33-22-21-30-11-3-4-12-31(30)27-33/h3-29H,1-2H3. The van der Waals surface area contributed by atoms with Gasteiger partial charge >= 0.3 is 0 Å². The van der Waals surface area contributed by atoms with Crippen LogP contribution in [0.25, 0.3) is 76.9 Å². The fourth-order valence-corrected chi connectivity index (χ4v) is 11.8. The molecule has 0 N–H and O–H groups in total. The number of hydrogen-bond acceptors (Lipinski definition) is 3. The van der Waals surface area contributed by atoms with Crippen molar-refractivity contribution in [1.29, 1.82) is 0 Å². The highest BCUT2D eigenvalue weighted by molar-refractivity contribution is 7.04. The van der Waals surface area contributed by atoms with Crippen LogP contribution in [0.1, 0.15) is 0 Å². The molecule has 0 fully saturated rings. The highest BCUT2D eigenvalue weighted by Crippen LogP contribution is 2.45. The van der Waals surface area contributed by atoms with Crippen molar-refractivity contribution in [2.24, 2.45) is 0 Å². The van der Waals surface area contributed by atoms with Gasteiger partial charge in [0.1, 0.15) is 24.8 Å². The molecule has 246 valence electrons. The lowest BCUT2D eigenvalue weighted by atomic mass is 9.98. The second-order valence-electron chi connectivity index (χ2n) is 14.5. The molecule has 3 heterocycles. The Morgan fingerprint density at radius 2 is 1.17 bits per heavy atom. The first kappa shape index (κ1) is 29.4. The molecule has 8 aromatic carbocycles. The van der Waals surface area contributed by atoms with E-state index in [9.17, 15) is 0 Å². The van der Waals surface area contributed by atoms with Gasteiger partial charge < -0.3 is 13.7 Å². The van der Waals surface area contributed by atoms with E-state index in [2.05, 4.69) is 176 Å². The number of nitrogens with zero attached hydrogens (tertiary/aromatic N) is 1. The summed E-state index contributed by atoms with van der Waals surface area (Å²) in [4.78, 5) is 2.39. The molecule has 0 atom stereocenters. The molecule has 3 nitrogen and oxygen atoms in total. The van der Waals surface area contributed by atoms with E-state index in [1.165, 1.54) is 54.2 Å². The van der Waals surface area contributed by atoms with Gasteiger partial charge in [-0.1, -0.05) is 122 Å². The van der Waals surface area contributed by atoms with Crippen LogP contribution in [0.2, 0.25) is 13.1 Å². The smallest absolute Gasteiger partial charge is 0.159 e. The van der Waals surface area contributed by atoms with E-state index in [4.69, 9.17) is 8.83 Å². The molecule has 0 unspecified atom stereocenters. The van der Waals surface area contributed by atoms with Crippen LogP contribution in [-0.4, -0.2) is 8.07 Å². The van der Waals surface area contributed by atoms with Crippen molar-refractivity contribution in [2.45, 2.75) is 13.1 Å². The quantitative estimate of drug-likeness (QED) is 0.173. The molecular formula is C48H33NO2Si. The normalized spacial score (nSPS) is 13.3. The third-order valence-electron chi connectivity index (χ3n) is 11.2. The minimum Gasteiger partial charge on any atom is -0.456 e. The van der Waals surface area contributed by atoms with Crippen molar-refractivity contribution in [1.82, 2.24) is 0 Å². The van der Waals surface area contributed by atoms with Crippen molar-refractivity contribution in [3.05, 3.63) is 164 Å². The zero-order valence-electron chi connectivity index (χ0n) is 28.9. The Morgan fingerprint density at radius 3 is 2.06 bits per heavy atom. The maximum atomic E-state index is 6.69. The molecular weight excluding hydrogens is 651 g/mol. The van der Waals surface area contributed by atoms with Crippen LogP contribution < -0.4 is 15.3 Å². The second-order valence-corrected chi connectivity index (χ2v) is 18.8. The predicted octanol–water partition coefficient (Wildman–Crippen LogP) is 12.6. The van der Waals surface area contributed by atoms with E-state index in [1.807, 2.05) is 6.07 Å². The average Bonchev–Trinajstić information content (AvgIpc) is 3.83. The number of benzene rings is 8. The molecule has 2 aromatic heterocycles. The van der Waals surface area contributed by atoms with Crippen molar-refractivity contribution in [3.63, 3.8) is 0 Å². The number of para-hydroxylation sites is 3. The Hall–Kier alpha value is -6.36. The Balaban J connectivity index is 1.14. The lowest BCUT2D eigenvalue weighted by Gasteiger charge is -2.28. The number of anilines is 3. The lowest BCUT2D eigenvalue weighted by molar-refractivity contribution is 0.668. The molecule has 4 heteroatoms. The van der Waals surface area contributed by atoms with Crippen molar-refractivity contribution in [2.75, 3.05) is 4.90 Å². The molecule has 1 aliphatic rings. The second kappa shape index (κ2) is 10.8. The van der Waals surface area contributed by atoms with Gasteiger partial charge in [0.05, 0.1) is 5.69 Å². The number of rotatable bonds is 4. The number of fused-ring (bicyclic) bond motifs is 11. The van der Waals surface area contributed by atoms with E-state index >= 15 is 0 Å². The van der Waals surface area contributed by atoms with Gasteiger partial charge in [0.2, 0.25) is 0 Å². The summed E-state index contributed by atoms with van der Waals surface area (Å²) in [7, 11) is -2.10. The molecule has 1 aliphatic heterocycles. The van der Waals surface area contributed by atoms with Crippen LogP contribution in [0.5, 0.6) is 0 Å². The predicted molar refractivity (Wildman–Crippen MR) is 221 cm³/mol. The van der Waals surface area contributed by atoms with E-state index in [0.717, 1.165) is 50.2 Å². The van der Waals surface area contributed by atoms with E-state index in [1.54, 1.807) is 0 Å². The van der Waals surface area contributed by atoms with Gasteiger partial charge in [-0.05, 0) is 98.0 Å². The fraction of sp³-hybridized carbons (Fsp3) is 0.0417. The van der Waals surface area contributed by atoms with Crippen molar-refractivity contribution < 1.29 is 8.83 Å². The molecule has 11 rings (SSSR count).